The summed E-state index contributed by atoms with van der Waals surface area (Å²) in [5.74, 6) is 1.60. The number of amides is 1. The number of hydrogen-bond donors (Lipinski definition) is 1. The van der Waals surface area contributed by atoms with E-state index in [9.17, 15) is 4.79 Å². The molecular formula is C23H32N4O3. The number of nitrogens with one attached hydrogen (secondary N) is 1. The summed E-state index contributed by atoms with van der Waals surface area (Å²) in [6, 6.07) is 11.9. The fourth-order valence-corrected chi connectivity index (χ4v) is 3.72. The Kier molecular flexibility index (Phi) is 8.04. The van der Waals surface area contributed by atoms with Crippen LogP contribution in [0.3, 0.4) is 0 Å². The zero-order valence-electron chi connectivity index (χ0n) is 18.1. The van der Waals surface area contributed by atoms with Gasteiger partial charge in [0, 0.05) is 38.9 Å². The highest BCUT2D eigenvalue weighted by molar-refractivity contribution is 5.94. The van der Waals surface area contributed by atoms with Gasteiger partial charge in [-0.3, -0.25) is 9.69 Å². The zero-order valence-corrected chi connectivity index (χ0v) is 18.1. The lowest BCUT2D eigenvalue weighted by atomic mass is 10.0. The summed E-state index contributed by atoms with van der Waals surface area (Å²) in [5.41, 5.74) is 1.72. The summed E-state index contributed by atoms with van der Waals surface area (Å²) in [5, 5.41) is 3.09. The molecule has 2 heterocycles. The van der Waals surface area contributed by atoms with Crippen molar-refractivity contribution in [3.8, 4) is 5.75 Å². The quantitative estimate of drug-likeness (QED) is 0.683. The van der Waals surface area contributed by atoms with Crippen LogP contribution in [0, 0.1) is 0 Å². The number of hydrogen-bond acceptors (Lipinski definition) is 6. The number of ether oxygens (including phenoxy) is 2. The third-order valence-corrected chi connectivity index (χ3v) is 5.54. The number of methoxy groups -OCH3 is 1. The van der Waals surface area contributed by atoms with Crippen LogP contribution >= 0.6 is 0 Å². The maximum absolute atomic E-state index is 12.8. The molecule has 30 heavy (non-hydrogen) atoms. The number of anilines is 1. The van der Waals surface area contributed by atoms with Gasteiger partial charge in [0.25, 0.3) is 5.91 Å². The number of carbonyl (C=O) groups excluding carboxylic acids is 1. The minimum Gasteiger partial charge on any atom is -0.497 e. The molecule has 1 amide bonds. The highest BCUT2D eigenvalue weighted by atomic mass is 16.5. The average Bonchev–Trinajstić information content (AvgIpc) is 2.81. The molecule has 7 nitrogen and oxygen atoms in total. The number of carbonyl (C=O) groups is 1. The minimum absolute atomic E-state index is 0.0756. The van der Waals surface area contributed by atoms with Crippen molar-refractivity contribution in [2.75, 3.05) is 57.9 Å². The van der Waals surface area contributed by atoms with Crippen LogP contribution in [0.25, 0.3) is 0 Å². The first kappa shape index (κ1) is 22.1. The van der Waals surface area contributed by atoms with E-state index in [-0.39, 0.29) is 11.9 Å². The Morgan fingerprint density at radius 1 is 1.17 bits per heavy atom. The summed E-state index contributed by atoms with van der Waals surface area (Å²) in [7, 11) is 1.66. The molecule has 7 heteroatoms. The SMILES string of the molecule is CCN(CC)c1ccc(C(=O)NCC(c2ccc(OC)cc2)N2CCOCC2)cn1. The molecule has 0 aliphatic carbocycles. The Bertz CT molecular complexity index is 785. The summed E-state index contributed by atoms with van der Waals surface area (Å²) < 4.78 is 10.8. The second kappa shape index (κ2) is 10.9. The summed E-state index contributed by atoms with van der Waals surface area (Å²) in [4.78, 5) is 21.7. The molecule has 162 valence electrons. The van der Waals surface area contributed by atoms with E-state index in [1.165, 1.54) is 0 Å². The maximum atomic E-state index is 12.8. The van der Waals surface area contributed by atoms with Crippen LogP contribution < -0.4 is 15.0 Å². The molecule has 0 bridgehead atoms. The Labute approximate surface area is 179 Å². The molecule has 0 saturated carbocycles. The lowest BCUT2D eigenvalue weighted by molar-refractivity contribution is 0.0162. The van der Waals surface area contributed by atoms with E-state index in [4.69, 9.17) is 9.47 Å². The van der Waals surface area contributed by atoms with Gasteiger partial charge in [0.1, 0.15) is 11.6 Å². The molecule has 1 aromatic carbocycles. The number of morpholine rings is 1. The largest absolute Gasteiger partial charge is 0.497 e. The number of nitrogens with zero attached hydrogens (tertiary/aromatic N) is 3. The van der Waals surface area contributed by atoms with Gasteiger partial charge in [-0.15, -0.1) is 0 Å². The number of pyridine rings is 1. The van der Waals surface area contributed by atoms with Crippen LogP contribution in [-0.2, 0) is 4.74 Å². The molecule has 1 aliphatic heterocycles. The molecule has 0 radical (unpaired) electrons. The van der Waals surface area contributed by atoms with Crippen molar-refractivity contribution in [2.45, 2.75) is 19.9 Å². The van der Waals surface area contributed by atoms with Gasteiger partial charge in [-0.05, 0) is 43.7 Å². The highest BCUT2D eigenvalue weighted by Crippen LogP contribution is 2.24. The third kappa shape index (κ3) is 5.49. The molecule has 1 atom stereocenters. The van der Waals surface area contributed by atoms with Crippen molar-refractivity contribution in [1.82, 2.24) is 15.2 Å². The molecule has 1 unspecified atom stereocenters. The van der Waals surface area contributed by atoms with Gasteiger partial charge in [-0.2, -0.15) is 0 Å². The van der Waals surface area contributed by atoms with Crippen molar-refractivity contribution in [1.29, 1.82) is 0 Å². The van der Waals surface area contributed by atoms with Crippen LogP contribution in [0.2, 0.25) is 0 Å². The molecule has 1 aliphatic rings. The summed E-state index contributed by atoms with van der Waals surface area (Å²) in [6.07, 6.45) is 1.65. The predicted molar refractivity (Wildman–Crippen MR) is 118 cm³/mol. The van der Waals surface area contributed by atoms with Gasteiger partial charge in [-0.25, -0.2) is 4.98 Å². The standard InChI is InChI=1S/C23H32N4O3/c1-4-26(5-2)22-11-8-19(16-24-22)23(28)25-17-21(27-12-14-30-15-13-27)18-6-9-20(29-3)10-7-18/h6-11,16,21H,4-5,12-15,17H2,1-3H3,(H,25,28). The minimum atomic E-state index is -0.111. The summed E-state index contributed by atoms with van der Waals surface area (Å²) >= 11 is 0. The second-order valence-electron chi connectivity index (χ2n) is 7.22. The normalized spacial score (nSPS) is 15.4. The molecule has 2 aromatic rings. The van der Waals surface area contributed by atoms with Gasteiger partial charge < -0.3 is 19.7 Å². The van der Waals surface area contributed by atoms with Crippen LogP contribution in [-0.4, -0.2) is 68.8 Å². The van der Waals surface area contributed by atoms with Crippen LogP contribution in [0.15, 0.2) is 42.6 Å². The monoisotopic (exact) mass is 412 g/mol. The average molecular weight is 413 g/mol. The lowest BCUT2D eigenvalue weighted by Crippen LogP contribution is -2.43. The Morgan fingerprint density at radius 3 is 2.43 bits per heavy atom. The summed E-state index contributed by atoms with van der Waals surface area (Å²) in [6.45, 7) is 9.57. The topological polar surface area (TPSA) is 66.9 Å². The van der Waals surface area contributed by atoms with Crippen molar-refractivity contribution < 1.29 is 14.3 Å². The first-order valence-corrected chi connectivity index (χ1v) is 10.6. The number of benzene rings is 1. The molecule has 3 rings (SSSR count). The molecule has 1 saturated heterocycles. The van der Waals surface area contributed by atoms with E-state index in [1.54, 1.807) is 13.3 Å². The Hall–Kier alpha value is -2.64. The fourth-order valence-electron chi connectivity index (χ4n) is 3.72. The second-order valence-corrected chi connectivity index (χ2v) is 7.22. The predicted octanol–water partition coefficient (Wildman–Crippen LogP) is 2.74. The maximum Gasteiger partial charge on any atom is 0.252 e. The van der Waals surface area contributed by atoms with E-state index in [0.29, 0.717) is 25.3 Å². The van der Waals surface area contributed by atoms with E-state index in [2.05, 4.69) is 46.1 Å². The number of rotatable bonds is 9. The zero-order chi connectivity index (χ0) is 21.3. The van der Waals surface area contributed by atoms with Crippen molar-refractivity contribution in [3.63, 3.8) is 0 Å². The Balaban J connectivity index is 1.68. The van der Waals surface area contributed by atoms with Crippen LogP contribution in [0.5, 0.6) is 5.75 Å². The molecule has 1 aromatic heterocycles. The molecule has 0 spiro atoms. The van der Waals surface area contributed by atoms with Crippen LogP contribution in [0.1, 0.15) is 35.8 Å². The van der Waals surface area contributed by atoms with Gasteiger partial charge in [0.15, 0.2) is 0 Å². The number of aromatic nitrogens is 1. The highest BCUT2D eigenvalue weighted by Gasteiger charge is 2.23. The first-order chi connectivity index (χ1) is 14.7. The van der Waals surface area contributed by atoms with Crippen LogP contribution in [0.4, 0.5) is 5.82 Å². The Morgan fingerprint density at radius 2 is 1.87 bits per heavy atom. The van der Waals surface area contributed by atoms with Gasteiger partial charge >= 0.3 is 0 Å². The smallest absolute Gasteiger partial charge is 0.252 e. The van der Waals surface area contributed by atoms with Crippen molar-refractivity contribution in [2.24, 2.45) is 0 Å². The molecular weight excluding hydrogens is 380 g/mol. The fraction of sp³-hybridized carbons (Fsp3) is 0.478. The van der Waals surface area contributed by atoms with E-state index >= 15 is 0 Å². The van der Waals surface area contributed by atoms with E-state index in [0.717, 1.165) is 43.3 Å². The molecule has 1 fully saturated rings. The van der Waals surface area contributed by atoms with Gasteiger partial charge in [-0.1, -0.05) is 12.1 Å². The lowest BCUT2D eigenvalue weighted by Gasteiger charge is -2.35. The van der Waals surface area contributed by atoms with Gasteiger partial charge in [0.05, 0.1) is 31.9 Å². The van der Waals surface area contributed by atoms with Crippen molar-refractivity contribution >= 4 is 11.7 Å². The first-order valence-electron chi connectivity index (χ1n) is 10.6. The van der Waals surface area contributed by atoms with Gasteiger partial charge in [0.2, 0.25) is 0 Å². The third-order valence-electron chi connectivity index (χ3n) is 5.54. The molecule has 1 N–H and O–H groups in total. The van der Waals surface area contributed by atoms with E-state index < -0.39 is 0 Å². The van der Waals surface area contributed by atoms with E-state index in [1.807, 2.05) is 24.3 Å². The van der Waals surface area contributed by atoms with Crippen molar-refractivity contribution in [3.05, 3.63) is 53.7 Å².